The van der Waals surface area contributed by atoms with Gasteiger partial charge in [0.2, 0.25) is 0 Å². The largest absolute Gasteiger partial charge is 0.465 e. The number of benzene rings is 1. The molecule has 0 spiro atoms. The first-order chi connectivity index (χ1) is 14.1. The van der Waals surface area contributed by atoms with Crippen LogP contribution in [-0.2, 0) is 9.53 Å². The maximum atomic E-state index is 12.7. The van der Waals surface area contributed by atoms with Crippen LogP contribution < -0.4 is 10.6 Å². The van der Waals surface area contributed by atoms with Crippen molar-refractivity contribution in [2.75, 3.05) is 11.9 Å². The average Bonchev–Trinajstić information content (AvgIpc) is 3.42. The monoisotopic (exact) mass is 394 g/mol. The number of carbonyl (C=O) groups excluding carboxylic acids is 3. The van der Waals surface area contributed by atoms with E-state index in [-0.39, 0.29) is 18.1 Å². The number of furan rings is 2. The number of amides is 2. The lowest BCUT2D eigenvalue weighted by Gasteiger charge is -2.10. The van der Waals surface area contributed by atoms with Gasteiger partial charge >= 0.3 is 5.97 Å². The fourth-order valence-corrected chi connectivity index (χ4v) is 2.37. The summed E-state index contributed by atoms with van der Waals surface area (Å²) in [6, 6.07) is 12.5. The van der Waals surface area contributed by atoms with Crippen LogP contribution in [0, 0.1) is 0 Å². The van der Waals surface area contributed by atoms with E-state index in [4.69, 9.17) is 13.6 Å². The molecule has 0 saturated heterocycles. The molecule has 2 aromatic heterocycles. The highest BCUT2D eigenvalue weighted by atomic mass is 16.5. The van der Waals surface area contributed by atoms with E-state index in [9.17, 15) is 14.4 Å². The van der Waals surface area contributed by atoms with E-state index in [1.807, 2.05) is 0 Å². The summed E-state index contributed by atoms with van der Waals surface area (Å²) in [5.74, 6) is -1.17. The lowest BCUT2D eigenvalue weighted by Crippen LogP contribution is -2.30. The number of carbonyl (C=O) groups is 3. The van der Waals surface area contributed by atoms with Gasteiger partial charge in [-0.2, -0.15) is 0 Å². The molecule has 148 valence electrons. The summed E-state index contributed by atoms with van der Waals surface area (Å²) in [6.45, 7) is 1.99. The van der Waals surface area contributed by atoms with Crippen LogP contribution in [0.5, 0.6) is 0 Å². The zero-order chi connectivity index (χ0) is 20.6. The number of hydrogen-bond donors (Lipinski definition) is 2. The highest BCUT2D eigenvalue weighted by Crippen LogP contribution is 2.14. The Morgan fingerprint density at radius 1 is 1.00 bits per heavy atom. The second-order valence-corrected chi connectivity index (χ2v) is 5.76. The maximum absolute atomic E-state index is 12.7. The summed E-state index contributed by atoms with van der Waals surface area (Å²) < 4.78 is 15.2. The Bertz CT molecular complexity index is 1000. The first kappa shape index (κ1) is 19.7. The van der Waals surface area contributed by atoms with Crippen molar-refractivity contribution < 1.29 is 28.0 Å². The molecule has 3 aromatic rings. The van der Waals surface area contributed by atoms with Gasteiger partial charge in [0.05, 0.1) is 24.7 Å². The molecule has 2 amide bonds. The van der Waals surface area contributed by atoms with Gasteiger partial charge in [-0.3, -0.25) is 9.59 Å². The van der Waals surface area contributed by atoms with Gasteiger partial charge in [0.1, 0.15) is 11.5 Å². The van der Waals surface area contributed by atoms with E-state index in [1.165, 1.54) is 36.8 Å². The number of nitrogens with one attached hydrogen (secondary N) is 2. The smallest absolute Gasteiger partial charge is 0.338 e. The second kappa shape index (κ2) is 9.23. The van der Waals surface area contributed by atoms with Gasteiger partial charge in [0, 0.05) is 11.8 Å². The normalized spacial score (nSPS) is 11.0. The van der Waals surface area contributed by atoms with Crippen LogP contribution >= 0.6 is 0 Å². The van der Waals surface area contributed by atoms with Gasteiger partial charge in [0.15, 0.2) is 5.76 Å². The molecule has 0 fully saturated rings. The molecule has 1 aromatic carbocycles. The van der Waals surface area contributed by atoms with Gasteiger partial charge in [-0.1, -0.05) is 0 Å². The minimum atomic E-state index is -0.583. The van der Waals surface area contributed by atoms with E-state index in [2.05, 4.69) is 10.6 Å². The molecule has 0 unspecified atom stereocenters. The predicted octanol–water partition coefficient (Wildman–Crippen LogP) is 3.46. The van der Waals surface area contributed by atoms with Gasteiger partial charge < -0.3 is 24.2 Å². The number of ether oxygens (including phenoxy) is 1. The van der Waals surface area contributed by atoms with Crippen molar-refractivity contribution in [3.05, 3.63) is 83.8 Å². The van der Waals surface area contributed by atoms with E-state index in [1.54, 1.807) is 37.3 Å². The second-order valence-electron chi connectivity index (χ2n) is 5.76. The average molecular weight is 394 g/mol. The zero-order valence-corrected chi connectivity index (χ0v) is 15.5. The molecular weight excluding hydrogens is 376 g/mol. The Morgan fingerprint density at radius 3 is 2.34 bits per heavy atom. The number of esters is 1. The molecule has 8 nitrogen and oxygen atoms in total. The van der Waals surface area contributed by atoms with E-state index >= 15 is 0 Å². The van der Waals surface area contributed by atoms with E-state index in [0.29, 0.717) is 17.0 Å². The fraction of sp³-hybridized carbons (Fsp3) is 0.0952. The summed E-state index contributed by atoms with van der Waals surface area (Å²) in [4.78, 5) is 36.7. The third kappa shape index (κ3) is 5.23. The van der Waals surface area contributed by atoms with Crippen LogP contribution in [-0.4, -0.2) is 24.4 Å². The fourth-order valence-electron chi connectivity index (χ4n) is 2.37. The minimum Gasteiger partial charge on any atom is -0.465 e. The lowest BCUT2D eigenvalue weighted by molar-refractivity contribution is -0.113. The Hall–Kier alpha value is -4.07. The molecule has 3 rings (SSSR count). The molecule has 0 aliphatic heterocycles. The van der Waals surface area contributed by atoms with Gasteiger partial charge in [-0.15, -0.1) is 0 Å². The SMILES string of the molecule is CCOC(=O)c1ccc(NC(=O)/C(=C\c2ccco2)NC(=O)c2ccco2)cc1. The molecule has 0 aliphatic rings. The molecule has 0 saturated carbocycles. The van der Waals surface area contributed by atoms with Crippen molar-refractivity contribution in [1.29, 1.82) is 0 Å². The summed E-state index contributed by atoms with van der Waals surface area (Å²) in [6.07, 6.45) is 4.20. The lowest BCUT2D eigenvalue weighted by atomic mass is 10.2. The molecule has 29 heavy (non-hydrogen) atoms. The third-order valence-electron chi connectivity index (χ3n) is 3.72. The van der Waals surface area contributed by atoms with Crippen molar-refractivity contribution in [2.24, 2.45) is 0 Å². The first-order valence-electron chi connectivity index (χ1n) is 8.75. The number of anilines is 1. The Labute approximate surface area is 166 Å². The summed E-state index contributed by atoms with van der Waals surface area (Å²) in [5, 5.41) is 5.16. The van der Waals surface area contributed by atoms with Gasteiger partial charge in [0.25, 0.3) is 11.8 Å². The standard InChI is InChI=1S/C21H18N2O6/c1-2-27-21(26)14-7-9-15(10-8-14)22-19(24)17(13-16-5-3-11-28-16)23-20(25)18-6-4-12-29-18/h3-13H,2H2,1H3,(H,22,24)(H,23,25)/b17-13+. The van der Waals surface area contributed by atoms with Gasteiger partial charge in [-0.25, -0.2) is 4.79 Å². The van der Waals surface area contributed by atoms with Crippen molar-refractivity contribution in [2.45, 2.75) is 6.92 Å². The highest BCUT2D eigenvalue weighted by molar-refractivity contribution is 6.10. The number of rotatable bonds is 7. The quantitative estimate of drug-likeness (QED) is 0.469. The molecule has 2 N–H and O–H groups in total. The predicted molar refractivity (Wildman–Crippen MR) is 104 cm³/mol. The molecular formula is C21H18N2O6. The van der Waals surface area contributed by atoms with E-state index in [0.717, 1.165) is 0 Å². The van der Waals surface area contributed by atoms with E-state index < -0.39 is 17.8 Å². The molecule has 0 atom stereocenters. The molecule has 0 radical (unpaired) electrons. The highest BCUT2D eigenvalue weighted by Gasteiger charge is 2.17. The molecule has 0 bridgehead atoms. The number of hydrogen-bond acceptors (Lipinski definition) is 6. The minimum absolute atomic E-state index is 0.0455. The van der Waals surface area contributed by atoms with Crippen LogP contribution in [0.3, 0.4) is 0 Å². The Balaban J connectivity index is 1.76. The van der Waals surface area contributed by atoms with Crippen LogP contribution in [0.15, 0.2) is 75.6 Å². The van der Waals surface area contributed by atoms with Gasteiger partial charge in [-0.05, 0) is 55.5 Å². The Morgan fingerprint density at radius 2 is 1.72 bits per heavy atom. The topological polar surface area (TPSA) is 111 Å². The summed E-state index contributed by atoms with van der Waals surface area (Å²) in [5.41, 5.74) is 0.749. The molecule has 2 heterocycles. The summed E-state index contributed by atoms with van der Waals surface area (Å²) >= 11 is 0. The summed E-state index contributed by atoms with van der Waals surface area (Å²) in [7, 11) is 0. The van der Waals surface area contributed by atoms with Crippen LogP contribution in [0.1, 0.15) is 33.6 Å². The van der Waals surface area contributed by atoms with Crippen molar-refractivity contribution in [1.82, 2.24) is 5.32 Å². The van der Waals surface area contributed by atoms with Crippen molar-refractivity contribution in [3.63, 3.8) is 0 Å². The van der Waals surface area contributed by atoms with Crippen LogP contribution in [0.4, 0.5) is 5.69 Å². The first-order valence-corrected chi connectivity index (χ1v) is 8.75. The maximum Gasteiger partial charge on any atom is 0.338 e. The van der Waals surface area contributed by atoms with Crippen molar-refractivity contribution in [3.8, 4) is 0 Å². The van der Waals surface area contributed by atoms with Crippen LogP contribution in [0.2, 0.25) is 0 Å². The third-order valence-corrected chi connectivity index (χ3v) is 3.72. The van der Waals surface area contributed by atoms with Crippen LogP contribution in [0.25, 0.3) is 6.08 Å². The molecule has 0 aliphatic carbocycles. The molecule has 8 heteroatoms. The zero-order valence-electron chi connectivity index (χ0n) is 15.5. The van der Waals surface area contributed by atoms with Crippen molar-refractivity contribution >= 4 is 29.5 Å². The Kier molecular flexibility index (Phi) is 6.26.